The Labute approximate surface area is 105 Å². The lowest BCUT2D eigenvalue weighted by Crippen LogP contribution is -2.23. The molecule has 1 fully saturated rings. The van der Waals surface area contributed by atoms with Gasteiger partial charge in [-0.15, -0.1) is 0 Å². The Morgan fingerprint density at radius 1 is 1.31 bits per heavy atom. The Hall–Kier alpha value is -0.280. The second-order valence-corrected chi connectivity index (χ2v) is 4.91. The number of halogens is 2. The van der Waals surface area contributed by atoms with Gasteiger partial charge in [-0.1, -0.05) is 29.3 Å². The van der Waals surface area contributed by atoms with Crippen LogP contribution in [0.1, 0.15) is 24.5 Å². The number of aliphatic hydroxyl groups excluding tert-OH is 1. The average Bonchev–Trinajstić information content (AvgIpc) is 2.33. The van der Waals surface area contributed by atoms with Crippen molar-refractivity contribution in [2.24, 2.45) is 5.92 Å². The van der Waals surface area contributed by atoms with Crippen LogP contribution in [0.15, 0.2) is 18.2 Å². The summed E-state index contributed by atoms with van der Waals surface area (Å²) < 4.78 is 5.36. The van der Waals surface area contributed by atoms with Crippen LogP contribution < -0.4 is 0 Å². The van der Waals surface area contributed by atoms with Crippen molar-refractivity contribution >= 4 is 23.2 Å². The van der Waals surface area contributed by atoms with Gasteiger partial charge in [-0.25, -0.2) is 0 Å². The van der Waals surface area contributed by atoms with Gasteiger partial charge in [0.25, 0.3) is 0 Å². The number of ether oxygens (including phenoxy) is 1. The van der Waals surface area contributed by atoms with E-state index in [4.69, 9.17) is 27.9 Å². The minimum absolute atomic E-state index is 0.158. The van der Waals surface area contributed by atoms with Crippen molar-refractivity contribution in [1.82, 2.24) is 0 Å². The standard InChI is InChI=1S/C12H14Cl2O2/c13-10-4-3-8(6-11(10)14)12(15)9-2-1-5-16-7-9/h3-4,6,9,12,15H,1-2,5,7H2. The highest BCUT2D eigenvalue weighted by Gasteiger charge is 2.23. The maximum atomic E-state index is 10.2. The summed E-state index contributed by atoms with van der Waals surface area (Å²) in [5.74, 6) is 0.158. The predicted molar refractivity (Wildman–Crippen MR) is 65.0 cm³/mol. The van der Waals surface area contributed by atoms with Crippen LogP contribution in [0.4, 0.5) is 0 Å². The molecule has 1 saturated heterocycles. The molecule has 0 radical (unpaired) electrons. The van der Waals surface area contributed by atoms with E-state index in [1.165, 1.54) is 0 Å². The third kappa shape index (κ3) is 2.69. The molecule has 0 spiro atoms. The second-order valence-electron chi connectivity index (χ2n) is 4.10. The van der Waals surface area contributed by atoms with Crippen LogP contribution in [0.5, 0.6) is 0 Å². The molecule has 0 amide bonds. The van der Waals surface area contributed by atoms with Crippen molar-refractivity contribution in [3.63, 3.8) is 0 Å². The molecule has 16 heavy (non-hydrogen) atoms. The van der Waals surface area contributed by atoms with Crippen LogP contribution in [-0.4, -0.2) is 18.3 Å². The fourth-order valence-electron chi connectivity index (χ4n) is 1.98. The number of benzene rings is 1. The fraction of sp³-hybridized carbons (Fsp3) is 0.500. The lowest BCUT2D eigenvalue weighted by atomic mass is 9.91. The van der Waals surface area contributed by atoms with E-state index in [9.17, 15) is 5.11 Å². The minimum Gasteiger partial charge on any atom is -0.388 e. The molecule has 0 bridgehead atoms. The molecule has 1 N–H and O–H groups in total. The van der Waals surface area contributed by atoms with Crippen LogP contribution in [0, 0.1) is 5.92 Å². The zero-order valence-electron chi connectivity index (χ0n) is 8.83. The lowest BCUT2D eigenvalue weighted by molar-refractivity contribution is -0.00996. The highest BCUT2D eigenvalue weighted by Crippen LogP contribution is 2.32. The van der Waals surface area contributed by atoms with Crippen molar-refractivity contribution in [2.45, 2.75) is 18.9 Å². The third-order valence-corrected chi connectivity index (χ3v) is 3.67. The summed E-state index contributed by atoms with van der Waals surface area (Å²) >= 11 is 11.8. The molecule has 1 aromatic carbocycles. The van der Waals surface area contributed by atoms with Gasteiger partial charge in [0, 0.05) is 12.5 Å². The molecule has 1 aliphatic heterocycles. The van der Waals surface area contributed by atoms with Crippen LogP contribution in [0.25, 0.3) is 0 Å². The van der Waals surface area contributed by atoms with E-state index in [2.05, 4.69) is 0 Å². The predicted octanol–water partition coefficient (Wildman–Crippen LogP) is 3.45. The first-order chi connectivity index (χ1) is 7.68. The highest BCUT2D eigenvalue weighted by atomic mass is 35.5. The van der Waals surface area contributed by atoms with Gasteiger partial charge in [0.2, 0.25) is 0 Å². The topological polar surface area (TPSA) is 29.5 Å². The van der Waals surface area contributed by atoms with E-state index < -0.39 is 6.10 Å². The molecule has 0 aliphatic carbocycles. The lowest BCUT2D eigenvalue weighted by Gasteiger charge is -2.27. The van der Waals surface area contributed by atoms with Gasteiger partial charge >= 0.3 is 0 Å². The van der Waals surface area contributed by atoms with Gasteiger partial charge in [-0.2, -0.15) is 0 Å². The second kappa shape index (κ2) is 5.37. The quantitative estimate of drug-likeness (QED) is 0.883. The summed E-state index contributed by atoms with van der Waals surface area (Å²) in [6, 6.07) is 5.25. The fourth-order valence-corrected chi connectivity index (χ4v) is 2.29. The van der Waals surface area contributed by atoms with E-state index in [1.54, 1.807) is 12.1 Å². The number of hydrogen-bond acceptors (Lipinski definition) is 2. The molecule has 2 nitrogen and oxygen atoms in total. The van der Waals surface area contributed by atoms with E-state index in [-0.39, 0.29) is 5.92 Å². The Morgan fingerprint density at radius 3 is 2.75 bits per heavy atom. The summed E-state index contributed by atoms with van der Waals surface area (Å²) in [4.78, 5) is 0. The van der Waals surface area contributed by atoms with Crippen molar-refractivity contribution < 1.29 is 9.84 Å². The van der Waals surface area contributed by atoms with E-state index in [0.717, 1.165) is 25.0 Å². The van der Waals surface area contributed by atoms with Crippen LogP contribution in [0.2, 0.25) is 10.0 Å². The normalized spacial score (nSPS) is 23.1. The Kier molecular flexibility index (Phi) is 4.09. The summed E-state index contributed by atoms with van der Waals surface area (Å²) in [6.45, 7) is 1.41. The van der Waals surface area contributed by atoms with Crippen molar-refractivity contribution in [1.29, 1.82) is 0 Å². The Morgan fingerprint density at radius 2 is 2.12 bits per heavy atom. The van der Waals surface area contributed by atoms with Gasteiger partial charge in [0.1, 0.15) is 0 Å². The van der Waals surface area contributed by atoms with Gasteiger partial charge in [-0.3, -0.25) is 0 Å². The maximum absolute atomic E-state index is 10.2. The van der Waals surface area contributed by atoms with Gasteiger partial charge in [0.05, 0.1) is 22.8 Å². The molecule has 1 aromatic rings. The summed E-state index contributed by atoms with van der Waals surface area (Å²) in [7, 11) is 0. The monoisotopic (exact) mass is 260 g/mol. The zero-order valence-corrected chi connectivity index (χ0v) is 10.3. The molecule has 0 aromatic heterocycles. The van der Waals surface area contributed by atoms with Crippen molar-refractivity contribution in [2.75, 3.05) is 13.2 Å². The number of hydrogen-bond donors (Lipinski definition) is 1. The molecule has 2 atom stereocenters. The van der Waals surface area contributed by atoms with E-state index in [1.807, 2.05) is 6.07 Å². The zero-order chi connectivity index (χ0) is 11.5. The van der Waals surface area contributed by atoms with Crippen molar-refractivity contribution in [3.05, 3.63) is 33.8 Å². The SMILES string of the molecule is OC(c1ccc(Cl)c(Cl)c1)C1CCCOC1. The minimum atomic E-state index is -0.518. The van der Waals surface area contributed by atoms with Crippen molar-refractivity contribution in [3.8, 4) is 0 Å². The van der Waals surface area contributed by atoms with Gasteiger partial charge < -0.3 is 9.84 Å². The summed E-state index contributed by atoms with van der Waals surface area (Å²) in [5, 5.41) is 11.2. The molecule has 2 rings (SSSR count). The van der Waals surface area contributed by atoms with E-state index in [0.29, 0.717) is 16.7 Å². The van der Waals surface area contributed by atoms with Gasteiger partial charge in [0.15, 0.2) is 0 Å². The average molecular weight is 261 g/mol. The summed E-state index contributed by atoms with van der Waals surface area (Å²) in [6.07, 6.45) is 1.47. The number of rotatable bonds is 2. The van der Waals surface area contributed by atoms with Crippen LogP contribution in [-0.2, 0) is 4.74 Å². The smallest absolute Gasteiger partial charge is 0.0840 e. The molecule has 2 unspecified atom stereocenters. The molecule has 0 saturated carbocycles. The van der Waals surface area contributed by atoms with Crippen LogP contribution in [0.3, 0.4) is 0 Å². The third-order valence-electron chi connectivity index (χ3n) is 2.93. The van der Waals surface area contributed by atoms with Crippen LogP contribution >= 0.6 is 23.2 Å². The highest BCUT2D eigenvalue weighted by molar-refractivity contribution is 6.42. The molecular formula is C12H14Cl2O2. The first-order valence-electron chi connectivity index (χ1n) is 5.39. The molecule has 1 heterocycles. The number of aliphatic hydroxyl groups is 1. The largest absolute Gasteiger partial charge is 0.388 e. The molecule has 88 valence electrons. The first-order valence-corrected chi connectivity index (χ1v) is 6.15. The maximum Gasteiger partial charge on any atom is 0.0840 e. The Bertz CT molecular complexity index is 362. The van der Waals surface area contributed by atoms with Gasteiger partial charge in [-0.05, 0) is 30.5 Å². The Balaban J connectivity index is 2.12. The molecule has 4 heteroatoms. The van der Waals surface area contributed by atoms with E-state index >= 15 is 0 Å². The first kappa shape index (κ1) is 12.2. The molecule has 1 aliphatic rings. The molecular weight excluding hydrogens is 247 g/mol. The summed E-state index contributed by atoms with van der Waals surface area (Å²) in [5.41, 5.74) is 0.810.